The van der Waals surface area contributed by atoms with Crippen molar-refractivity contribution in [1.29, 1.82) is 0 Å². The Balaban J connectivity index is 1.34. The molecule has 14 heteroatoms. The summed E-state index contributed by atoms with van der Waals surface area (Å²) in [5.41, 5.74) is 1.28. The summed E-state index contributed by atoms with van der Waals surface area (Å²) in [6.07, 6.45) is -1.26. The molecule has 1 saturated heterocycles. The lowest BCUT2D eigenvalue weighted by atomic mass is 10.00. The summed E-state index contributed by atoms with van der Waals surface area (Å²) in [4.78, 5) is 9.93. The first-order valence-corrected chi connectivity index (χ1v) is 13.2. The second-order valence-electron chi connectivity index (χ2n) is 7.51. The molecule has 0 radical (unpaired) electrons. The Morgan fingerprint density at radius 3 is 2.64 bits per heavy atom. The lowest BCUT2D eigenvalue weighted by Gasteiger charge is -2.38. The van der Waals surface area contributed by atoms with E-state index in [0.29, 0.717) is 36.4 Å². The third-order valence-corrected chi connectivity index (χ3v) is 6.78. The van der Waals surface area contributed by atoms with Crippen LogP contribution in [0.15, 0.2) is 36.8 Å². The quantitative estimate of drug-likeness (QED) is 0.305. The summed E-state index contributed by atoms with van der Waals surface area (Å²) in [6, 6.07) is 4.34. The molecular formula is C19H18F5IN6OS. The Labute approximate surface area is 201 Å². The molecule has 3 heterocycles. The molecule has 1 aliphatic heterocycles. The van der Waals surface area contributed by atoms with Crippen LogP contribution in [0.2, 0.25) is 0 Å². The third-order valence-electron chi connectivity index (χ3n) is 5.26. The molecular weight excluding hydrogens is 582 g/mol. The van der Waals surface area contributed by atoms with Crippen molar-refractivity contribution in [3.8, 4) is 5.75 Å². The number of hydrogen-bond acceptors (Lipinski definition) is 7. The predicted octanol–water partition coefficient (Wildman–Crippen LogP) is 4.94. The summed E-state index contributed by atoms with van der Waals surface area (Å²) in [5, 5.41) is 7.60. The normalized spacial score (nSPS) is 19.0. The van der Waals surface area contributed by atoms with E-state index in [1.54, 1.807) is 15.2 Å². The number of aromatic nitrogens is 4. The van der Waals surface area contributed by atoms with E-state index in [4.69, 9.17) is 0 Å². The van der Waals surface area contributed by atoms with Gasteiger partial charge in [0, 0.05) is 34.3 Å². The third kappa shape index (κ3) is 5.95. The lowest BCUT2D eigenvalue weighted by molar-refractivity contribution is -0.274. The number of benzene rings is 1. The van der Waals surface area contributed by atoms with Crippen molar-refractivity contribution in [1.82, 2.24) is 24.1 Å². The van der Waals surface area contributed by atoms with Crippen LogP contribution in [0.3, 0.4) is 0 Å². The first-order chi connectivity index (χ1) is 15.6. The molecule has 4 rings (SSSR count). The molecule has 0 saturated carbocycles. The number of hydrogen-bond donors (Lipinski definition) is 1. The average Bonchev–Trinajstić information content (AvgIpc) is 3.18. The smallest absolute Gasteiger partial charge is 0.406 e. The number of halogens is 6. The molecule has 3 aromatic rings. The van der Waals surface area contributed by atoms with Crippen LogP contribution in [-0.2, 0) is 6.42 Å². The largest absolute Gasteiger partial charge is 0.573 e. The maximum Gasteiger partial charge on any atom is 0.573 e. The van der Waals surface area contributed by atoms with Gasteiger partial charge in [-0.3, -0.25) is 4.90 Å². The van der Waals surface area contributed by atoms with E-state index in [-0.39, 0.29) is 12.2 Å². The van der Waals surface area contributed by atoms with Gasteiger partial charge in [0.2, 0.25) is 0 Å². The predicted molar refractivity (Wildman–Crippen MR) is 123 cm³/mol. The standard InChI is InChI=1S/C19H18F5IN6OS/c20-18(21)10-30(7-5-12-1-3-13(4-2-12)32-19(22,23)24)8-6-15(18)29-16-14-9-28-31(33-25)17(14)27-11-26-16/h1-4,9,11,15H,5-8,10H2,(H,26,27,29). The maximum atomic E-state index is 14.9. The van der Waals surface area contributed by atoms with Crippen molar-refractivity contribution in [3.05, 3.63) is 42.4 Å². The molecule has 1 N–H and O–H groups in total. The van der Waals surface area contributed by atoms with E-state index < -0.39 is 24.9 Å². The molecule has 2 aromatic heterocycles. The molecule has 33 heavy (non-hydrogen) atoms. The number of likely N-dealkylation sites (tertiary alicyclic amines) is 1. The summed E-state index contributed by atoms with van der Waals surface area (Å²) in [5.74, 6) is -3.00. The monoisotopic (exact) mass is 600 g/mol. The van der Waals surface area contributed by atoms with Crippen LogP contribution in [0.25, 0.3) is 11.0 Å². The summed E-state index contributed by atoms with van der Waals surface area (Å²) in [7, 11) is 1.31. The van der Waals surface area contributed by atoms with Gasteiger partial charge in [-0.1, -0.05) is 12.1 Å². The van der Waals surface area contributed by atoms with Gasteiger partial charge in [-0.15, -0.1) is 13.2 Å². The zero-order valence-corrected chi connectivity index (χ0v) is 19.9. The van der Waals surface area contributed by atoms with Crippen LogP contribution < -0.4 is 10.1 Å². The van der Waals surface area contributed by atoms with Gasteiger partial charge >= 0.3 is 6.36 Å². The van der Waals surface area contributed by atoms with Gasteiger partial charge < -0.3 is 10.1 Å². The number of fused-ring (bicyclic) bond motifs is 1. The van der Waals surface area contributed by atoms with Gasteiger partial charge in [0.1, 0.15) is 17.9 Å². The summed E-state index contributed by atoms with van der Waals surface area (Å²) in [6.45, 7) is 0.371. The SMILES string of the molecule is FC(F)(F)Oc1ccc(CCN2CCC(Nc3ncnc4c3cnn4SI)C(F)(F)C2)cc1. The van der Waals surface area contributed by atoms with Gasteiger partial charge in [-0.05, 0) is 30.5 Å². The number of rotatable bonds is 7. The van der Waals surface area contributed by atoms with Crippen molar-refractivity contribution in [3.63, 3.8) is 0 Å². The minimum Gasteiger partial charge on any atom is -0.406 e. The number of nitrogens with one attached hydrogen (secondary N) is 1. The zero-order chi connectivity index (χ0) is 23.6. The van der Waals surface area contributed by atoms with Crippen LogP contribution in [0, 0.1) is 0 Å². The van der Waals surface area contributed by atoms with E-state index in [1.165, 1.54) is 39.7 Å². The molecule has 0 bridgehead atoms. The van der Waals surface area contributed by atoms with Gasteiger partial charge in [0.25, 0.3) is 5.92 Å². The van der Waals surface area contributed by atoms with Crippen LogP contribution in [0.1, 0.15) is 12.0 Å². The molecule has 0 amide bonds. The summed E-state index contributed by atoms with van der Waals surface area (Å²) < 4.78 is 72.0. The molecule has 1 fully saturated rings. The number of alkyl halides is 5. The van der Waals surface area contributed by atoms with Gasteiger partial charge in [-0.25, -0.2) is 18.7 Å². The van der Waals surface area contributed by atoms with Gasteiger partial charge in [0.05, 0.1) is 33.3 Å². The number of nitrogens with zero attached hydrogens (tertiary/aromatic N) is 5. The molecule has 1 unspecified atom stereocenters. The molecule has 178 valence electrons. The first kappa shape index (κ1) is 24.2. The number of anilines is 1. The molecule has 0 aliphatic carbocycles. The van der Waals surface area contributed by atoms with E-state index in [1.807, 2.05) is 0 Å². The Bertz CT molecular complexity index is 1100. The minimum absolute atomic E-state index is 0.200. The highest BCUT2D eigenvalue weighted by molar-refractivity contribution is 14.2. The first-order valence-electron chi connectivity index (χ1n) is 9.84. The molecule has 1 aromatic carbocycles. The van der Waals surface area contributed by atoms with Crippen molar-refractivity contribution < 1.29 is 26.7 Å². The Morgan fingerprint density at radius 1 is 1.21 bits per heavy atom. The highest BCUT2D eigenvalue weighted by Crippen LogP contribution is 2.32. The van der Waals surface area contributed by atoms with Gasteiger partial charge in [0.15, 0.2) is 5.65 Å². The Morgan fingerprint density at radius 2 is 1.97 bits per heavy atom. The second-order valence-corrected chi connectivity index (χ2v) is 9.18. The topological polar surface area (TPSA) is 68.1 Å². The van der Waals surface area contributed by atoms with Crippen molar-refractivity contribution in [2.24, 2.45) is 0 Å². The maximum absolute atomic E-state index is 14.9. The fourth-order valence-electron chi connectivity index (χ4n) is 3.68. The number of ether oxygens (including phenoxy) is 1. The Kier molecular flexibility index (Phi) is 7.14. The second kappa shape index (κ2) is 9.74. The van der Waals surface area contributed by atoms with Crippen LogP contribution in [-0.4, -0.2) is 62.0 Å². The van der Waals surface area contributed by atoms with E-state index >= 15 is 0 Å². The van der Waals surface area contributed by atoms with Gasteiger partial charge in [-0.2, -0.15) is 9.19 Å². The fourth-order valence-corrected chi connectivity index (χ4v) is 4.84. The fraction of sp³-hybridized carbons (Fsp3) is 0.421. The van der Waals surface area contributed by atoms with Crippen molar-refractivity contribution in [2.45, 2.75) is 31.2 Å². The van der Waals surface area contributed by atoms with E-state index in [0.717, 1.165) is 5.56 Å². The minimum atomic E-state index is -4.75. The highest BCUT2D eigenvalue weighted by Gasteiger charge is 2.44. The zero-order valence-electron chi connectivity index (χ0n) is 16.9. The average molecular weight is 600 g/mol. The van der Waals surface area contributed by atoms with Crippen LogP contribution >= 0.6 is 30.3 Å². The Hall–Kier alpha value is -1.94. The molecule has 7 nitrogen and oxygen atoms in total. The summed E-state index contributed by atoms with van der Waals surface area (Å²) >= 11 is 2.05. The molecule has 0 spiro atoms. The van der Waals surface area contributed by atoms with Crippen molar-refractivity contribution in [2.75, 3.05) is 25.0 Å². The number of piperidine rings is 1. The van der Waals surface area contributed by atoms with E-state index in [2.05, 4.69) is 46.3 Å². The van der Waals surface area contributed by atoms with Crippen LogP contribution in [0.5, 0.6) is 5.75 Å². The van der Waals surface area contributed by atoms with Crippen molar-refractivity contribution >= 4 is 47.2 Å². The lowest BCUT2D eigenvalue weighted by Crippen LogP contribution is -2.54. The molecule has 1 atom stereocenters. The highest BCUT2D eigenvalue weighted by atomic mass is 127. The molecule has 1 aliphatic rings. The van der Waals surface area contributed by atoms with E-state index in [9.17, 15) is 22.0 Å². The van der Waals surface area contributed by atoms with Crippen LogP contribution in [0.4, 0.5) is 27.8 Å².